The third-order valence-corrected chi connectivity index (χ3v) is 5.74. The smallest absolute Gasteiger partial charge is 0.0804 e. The van der Waals surface area contributed by atoms with Crippen LogP contribution in [0.3, 0.4) is 0 Å². The van der Waals surface area contributed by atoms with Gasteiger partial charge in [0.1, 0.15) is 0 Å². The number of benzene rings is 2. The molecule has 1 saturated heterocycles. The van der Waals surface area contributed by atoms with Crippen molar-refractivity contribution in [3.05, 3.63) is 84.2 Å². The highest BCUT2D eigenvalue weighted by Gasteiger charge is 2.41. The van der Waals surface area contributed by atoms with Crippen LogP contribution in [0.25, 0.3) is 5.69 Å². The number of rotatable bonds is 2. The molecular weight excluding hydrogens is 306 g/mol. The maximum Gasteiger partial charge on any atom is 0.0804 e. The van der Waals surface area contributed by atoms with Crippen LogP contribution in [0, 0.1) is 0 Å². The molecule has 0 aliphatic carbocycles. The van der Waals surface area contributed by atoms with Gasteiger partial charge in [0.25, 0.3) is 0 Å². The Balaban J connectivity index is 1.40. The molecule has 126 valence electrons. The number of anilines is 1. The zero-order valence-corrected chi connectivity index (χ0v) is 14.4. The van der Waals surface area contributed by atoms with Crippen LogP contribution < -0.4 is 5.32 Å². The number of para-hydroxylation sites is 2. The van der Waals surface area contributed by atoms with Crippen molar-refractivity contribution in [2.45, 2.75) is 24.9 Å². The molecule has 1 fully saturated rings. The second-order valence-corrected chi connectivity index (χ2v) is 7.25. The average molecular weight is 329 g/mol. The Bertz CT molecular complexity index is 873. The molecule has 0 unspecified atom stereocenters. The van der Waals surface area contributed by atoms with Gasteiger partial charge in [0, 0.05) is 31.5 Å². The monoisotopic (exact) mass is 329 g/mol. The fraction of sp³-hybridized carbons (Fsp3) is 0.273. The third kappa shape index (κ3) is 2.47. The summed E-state index contributed by atoms with van der Waals surface area (Å²) in [4.78, 5) is 2.58. The normalized spacial score (nSPS) is 18.4. The highest BCUT2D eigenvalue weighted by molar-refractivity contribution is 5.67. The molecule has 5 rings (SSSR count). The number of nitrogens with one attached hydrogen (secondary N) is 1. The first-order chi connectivity index (χ1) is 12.3. The maximum atomic E-state index is 3.89. The number of aromatic nitrogens is 1. The lowest BCUT2D eigenvalue weighted by molar-refractivity contribution is 0.162. The molecule has 2 aliphatic heterocycles. The Kier molecular flexibility index (Phi) is 3.42. The Morgan fingerprint density at radius 2 is 1.60 bits per heavy atom. The molecule has 0 saturated carbocycles. The summed E-state index contributed by atoms with van der Waals surface area (Å²) < 4.78 is 2.37. The minimum Gasteiger partial charge on any atom is -0.372 e. The Hall–Kier alpha value is -2.52. The zero-order chi connectivity index (χ0) is 16.7. The predicted octanol–water partition coefficient (Wildman–Crippen LogP) is 4.39. The Morgan fingerprint density at radius 1 is 0.840 bits per heavy atom. The van der Waals surface area contributed by atoms with Crippen molar-refractivity contribution in [2.75, 3.05) is 18.4 Å². The van der Waals surface area contributed by atoms with Crippen molar-refractivity contribution in [3.8, 4) is 5.69 Å². The molecule has 0 bridgehead atoms. The first-order valence-corrected chi connectivity index (χ1v) is 9.16. The minimum atomic E-state index is 0.0606. The summed E-state index contributed by atoms with van der Waals surface area (Å²) in [5.74, 6) is 0. The molecule has 2 aromatic carbocycles. The van der Waals surface area contributed by atoms with Crippen molar-refractivity contribution in [1.29, 1.82) is 0 Å². The molecule has 0 radical (unpaired) electrons. The second-order valence-electron chi connectivity index (χ2n) is 7.25. The standard InChI is InChI=1S/C22H23N3/c1-2-7-18(8-3-1)17-24-15-12-22(13-16-24)21-11-6-14-25(21)20-10-5-4-9-19(20)23-22/h1-11,14,23H,12-13,15-17H2. The summed E-state index contributed by atoms with van der Waals surface area (Å²) in [6, 6.07) is 23.9. The molecular formula is C22H23N3. The molecule has 2 aliphatic rings. The molecule has 1 spiro atoms. The quantitative estimate of drug-likeness (QED) is 0.752. The molecule has 0 atom stereocenters. The first kappa shape index (κ1) is 14.8. The largest absolute Gasteiger partial charge is 0.372 e. The fourth-order valence-corrected chi connectivity index (χ4v) is 4.41. The van der Waals surface area contributed by atoms with E-state index in [1.165, 1.54) is 22.6 Å². The van der Waals surface area contributed by atoms with Crippen molar-refractivity contribution in [1.82, 2.24) is 9.47 Å². The van der Waals surface area contributed by atoms with Crippen molar-refractivity contribution in [2.24, 2.45) is 0 Å². The van der Waals surface area contributed by atoms with E-state index in [0.29, 0.717) is 0 Å². The van der Waals surface area contributed by atoms with E-state index in [9.17, 15) is 0 Å². The number of nitrogens with zero attached hydrogens (tertiary/aromatic N) is 2. The maximum absolute atomic E-state index is 3.89. The van der Waals surface area contributed by atoms with Crippen molar-refractivity contribution >= 4 is 5.69 Å². The number of likely N-dealkylation sites (tertiary alicyclic amines) is 1. The van der Waals surface area contributed by atoms with Gasteiger partial charge in [0.05, 0.1) is 16.9 Å². The molecule has 1 aromatic heterocycles. The molecule has 25 heavy (non-hydrogen) atoms. The van der Waals surface area contributed by atoms with Crippen LogP contribution in [-0.2, 0) is 12.1 Å². The van der Waals surface area contributed by atoms with Gasteiger partial charge in [-0.3, -0.25) is 4.90 Å². The number of fused-ring (bicyclic) bond motifs is 4. The van der Waals surface area contributed by atoms with Crippen LogP contribution >= 0.6 is 0 Å². The van der Waals surface area contributed by atoms with Gasteiger partial charge in [-0.2, -0.15) is 0 Å². The molecule has 3 heteroatoms. The lowest BCUT2D eigenvalue weighted by Crippen LogP contribution is -2.49. The van der Waals surface area contributed by atoms with E-state index in [1.807, 2.05) is 0 Å². The molecule has 3 nitrogen and oxygen atoms in total. The minimum absolute atomic E-state index is 0.0606. The summed E-state index contributed by atoms with van der Waals surface area (Å²) in [5.41, 5.74) is 5.39. The predicted molar refractivity (Wildman–Crippen MR) is 102 cm³/mol. The second kappa shape index (κ2) is 5.78. The van der Waals surface area contributed by atoms with Gasteiger partial charge in [-0.05, 0) is 42.7 Å². The van der Waals surface area contributed by atoms with E-state index in [2.05, 4.69) is 87.7 Å². The first-order valence-electron chi connectivity index (χ1n) is 9.16. The molecule has 1 N–H and O–H groups in total. The zero-order valence-electron chi connectivity index (χ0n) is 14.4. The lowest BCUT2D eigenvalue weighted by atomic mass is 9.82. The lowest BCUT2D eigenvalue weighted by Gasteiger charge is -2.46. The summed E-state index contributed by atoms with van der Waals surface area (Å²) >= 11 is 0. The van der Waals surface area contributed by atoms with Gasteiger partial charge in [0.15, 0.2) is 0 Å². The van der Waals surface area contributed by atoms with Crippen LogP contribution in [0.5, 0.6) is 0 Å². The summed E-state index contributed by atoms with van der Waals surface area (Å²) in [7, 11) is 0. The van der Waals surface area contributed by atoms with E-state index in [-0.39, 0.29) is 5.54 Å². The SMILES string of the molecule is c1ccc(CN2CCC3(CC2)Nc2ccccc2-n2cccc23)cc1. The third-order valence-electron chi connectivity index (χ3n) is 5.74. The number of hydrogen-bond donors (Lipinski definition) is 1. The molecule has 3 heterocycles. The molecule has 3 aromatic rings. The van der Waals surface area contributed by atoms with E-state index in [4.69, 9.17) is 0 Å². The van der Waals surface area contributed by atoms with Crippen LogP contribution in [0.1, 0.15) is 24.1 Å². The molecule has 0 amide bonds. The fourth-order valence-electron chi connectivity index (χ4n) is 4.41. The van der Waals surface area contributed by atoms with Gasteiger partial charge in [-0.25, -0.2) is 0 Å². The van der Waals surface area contributed by atoms with Gasteiger partial charge >= 0.3 is 0 Å². The van der Waals surface area contributed by atoms with Gasteiger partial charge in [0.2, 0.25) is 0 Å². The van der Waals surface area contributed by atoms with Gasteiger partial charge in [-0.1, -0.05) is 42.5 Å². The van der Waals surface area contributed by atoms with E-state index >= 15 is 0 Å². The van der Waals surface area contributed by atoms with Crippen molar-refractivity contribution in [3.63, 3.8) is 0 Å². The van der Waals surface area contributed by atoms with Crippen LogP contribution in [0.4, 0.5) is 5.69 Å². The highest BCUT2D eigenvalue weighted by Crippen LogP contribution is 2.43. The summed E-state index contributed by atoms with van der Waals surface area (Å²) in [5, 5.41) is 3.89. The van der Waals surface area contributed by atoms with E-state index in [0.717, 1.165) is 32.5 Å². The van der Waals surface area contributed by atoms with Crippen molar-refractivity contribution < 1.29 is 0 Å². The Morgan fingerprint density at radius 3 is 2.44 bits per heavy atom. The van der Waals surface area contributed by atoms with E-state index in [1.54, 1.807) is 0 Å². The van der Waals surface area contributed by atoms with Gasteiger partial charge < -0.3 is 9.88 Å². The number of piperidine rings is 1. The Labute approximate surface area is 148 Å². The van der Waals surface area contributed by atoms with Crippen LogP contribution in [-0.4, -0.2) is 22.6 Å². The average Bonchev–Trinajstić information content (AvgIpc) is 3.16. The van der Waals surface area contributed by atoms with Crippen LogP contribution in [0.2, 0.25) is 0 Å². The summed E-state index contributed by atoms with van der Waals surface area (Å²) in [6.07, 6.45) is 4.48. The topological polar surface area (TPSA) is 20.2 Å². The number of hydrogen-bond acceptors (Lipinski definition) is 2. The van der Waals surface area contributed by atoms with Crippen LogP contribution in [0.15, 0.2) is 72.9 Å². The van der Waals surface area contributed by atoms with Gasteiger partial charge in [-0.15, -0.1) is 0 Å². The van der Waals surface area contributed by atoms with E-state index < -0.39 is 0 Å². The highest BCUT2D eigenvalue weighted by atomic mass is 15.2. The summed E-state index contributed by atoms with van der Waals surface area (Å²) in [6.45, 7) is 3.29.